The third-order valence-electron chi connectivity index (χ3n) is 5.08. The van der Waals surface area contributed by atoms with Crippen molar-refractivity contribution in [3.63, 3.8) is 0 Å². The van der Waals surface area contributed by atoms with Crippen LogP contribution in [0.3, 0.4) is 0 Å². The Bertz CT molecular complexity index is 814. The highest BCUT2D eigenvalue weighted by Gasteiger charge is 2.21. The molecule has 1 fully saturated rings. The molecule has 0 spiro atoms. The van der Waals surface area contributed by atoms with E-state index in [1.807, 2.05) is 30.3 Å². The topological polar surface area (TPSA) is 76.7 Å². The highest BCUT2D eigenvalue weighted by atomic mass is 16.5. The molecule has 29 heavy (non-hydrogen) atoms. The third-order valence-corrected chi connectivity index (χ3v) is 5.08. The summed E-state index contributed by atoms with van der Waals surface area (Å²) in [6, 6.07) is 14.3. The molecule has 6 heteroatoms. The minimum atomic E-state index is -0.197. The molecule has 2 aromatic carbocycles. The first kappa shape index (κ1) is 20.7. The maximum atomic E-state index is 12.4. The van der Waals surface area contributed by atoms with Crippen LogP contribution in [-0.2, 0) is 4.79 Å². The maximum Gasteiger partial charge on any atom is 0.251 e. The van der Waals surface area contributed by atoms with E-state index < -0.39 is 0 Å². The zero-order valence-corrected chi connectivity index (χ0v) is 16.8. The number of carbonyl (C=O) groups excluding carboxylic acids is 2. The molecule has 2 N–H and O–H groups in total. The van der Waals surface area contributed by atoms with Gasteiger partial charge < -0.3 is 20.1 Å². The van der Waals surface area contributed by atoms with Crippen molar-refractivity contribution >= 4 is 17.5 Å². The SMILES string of the molecule is COc1ccc(OCCNC(=O)c2cccc(NC(=O)C3CCCCC3)c2)cc1. The van der Waals surface area contributed by atoms with Gasteiger partial charge in [0.2, 0.25) is 5.91 Å². The van der Waals surface area contributed by atoms with E-state index in [1.54, 1.807) is 25.3 Å². The Morgan fingerprint density at radius 1 is 1.00 bits per heavy atom. The molecule has 0 aliphatic heterocycles. The van der Waals surface area contributed by atoms with Gasteiger partial charge in [-0.15, -0.1) is 0 Å². The van der Waals surface area contributed by atoms with E-state index in [0.29, 0.717) is 30.2 Å². The van der Waals surface area contributed by atoms with Crippen molar-refractivity contribution in [2.45, 2.75) is 32.1 Å². The molecule has 0 aromatic heterocycles. The fourth-order valence-corrected chi connectivity index (χ4v) is 3.45. The summed E-state index contributed by atoms with van der Waals surface area (Å²) in [7, 11) is 1.61. The van der Waals surface area contributed by atoms with Gasteiger partial charge in [-0.1, -0.05) is 25.3 Å². The normalized spacial score (nSPS) is 14.1. The van der Waals surface area contributed by atoms with Gasteiger partial charge in [0.1, 0.15) is 18.1 Å². The molecule has 0 radical (unpaired) electrons. The molecule has 2 amide bonds. The van der Waals surface area contributed by atoms with Gasteiger partial charge in [0.05, 0.1) is 13.7 Å². The molecule has 0 unspecified atom stereocenters. The lowest BCUT2D eigenvalue weighted by Crippen LogP contribution is -2.28. The first-order chi connectivity index (χ1) is 14.2. The van der Waals surface area contributed by atoms with Crippen molar-refractivity contribution < 1.29 is 19.1 Å². The average molecular weight is 396 g/mol. The second-order valence-electron chi connectivity index (χ2n) is 7.18. The number of hydrogen-bond donors (Lipinski definition) is 2. The first-order valence-electron chi connectivity index (χ1n) is 10.1. The van der Waals surface area contributed by atoms with Gasteiger partial charge in [-0.2, -0.15) is 0 Å². The predicted octanol–water partition coefficient (Wildman–Crippen LogP) is 4.02. The van der Waals surface area contributed by atoms with Crippen LogP contribution in [0.2, 0.25) is 0 Å². The zero-order chi connectivity index (χ0) is 20.5. The Morgan fingerprint density at radius 2 is 1.72 bits per heavy atom. The minimum absolute atomic E-state index is 0.0511. The summed E-state index contributed by atoms with van der Waals surface area (Å²) in [5.41, 5.74) is 1.17. The molecule has 1 aliphatic rings. The molecular formula is C23H28N2O4. The van der Waals surface area contributed by atoms with E-state index in [4.69, 9.17) is 9.47 Å². The Morgan fingerprint density at radius 3 is 2.45 bits per heavy atom. The Kier molecular flexibility index (Phi) is 7.50. The molecule has 154 valence electrons. The summed E-state index contributed by atoms with van der Waals surface area (Å²) in [5.74, 6) is 1.41. The van der Waals surface area contributed by atoms with Gasteiger partial charge in [0.25, 0.3) is 5.91 Å². The molecular weight excluding hydrogens is 368 g/mol. The van der Waals surface area contributed by atoms with Gasteiger partial charge in [-0.05, 0) is 55.3 Å². The number of anilines is 1. The van der Waals surface area contributed by atoms with E-state index in [-0.39, 0.29) is 17.7 Å². The van der Waals surface area contributed by atoms with Crippen LogP contribution in [0.25, 0.3) is 0 Å². The number of carbonyl (C=O) groups is 2. The lowest BCUT2D eigenvalue weighted by atomic mass is 9.88. The van der Waals surface area contributed by atoms with E-state index in [1.165, 1.54) is 6.42 Å². The van der Waals surface area contributed by atoms with Gasteiger partial charge in [-0.3, -0.25) is 9.59 Å². The van der Waals surface area contributed by atoms with E-state index in [0.717, 1.165) is 31.4 Å². The lowest BCUT2D eigenvalue weighted by Gasteiger charge is -2.20. The summed E-state index contributed by atoms with van der Waals surface area (Å²) in [5, 5.41) is 5.79. The average Bonchev–Trinajstić information content (AvgIpc) is 2.77. The van der Waals surface area contributed by atoms with Crippen LogP contribution >= 0.6 is 0 Å². The number of rotatable bonds is 8. The van der Waals surface area contributed by atoms with Gasteiger partial charge in [-0.25, -0.2) is 0 Å². The highest BCUT2D eigenvalue weighted by molar-refractivity contribution is 5.97. The largest absolute Gasteiger partial charge is 0.497 e. The molecule has 6 nitrogen and oxygen atoms in total. The molecule has 0 atom stereocenters. The van der Waals surface area contributed by atoms with E-state index in [9.17, 15) is 9.59 Å². The molecule has 3 rings (SSSR count). The molecule has 1 aliphatic carbocycles. The standard InChI is InChI=1S/C23H28N2O4/c1-28-20-10-12-21(13-11-20)29-15-14-24-22(26)18-8-5-9-19(16-18)25-23(27)17-6-3-2-4-7-17/h5,8-13,16-17H,2-4,6-7,14-15H2,1H3,(H,24,26)(H,25,27). The fraction of sp³-hybridized carbons (Fsp3) is 0.391. The van der Waals surface area contributed by atoms with Crippen molar-refractivity contribution in [3.05, 3.63) is 54.1 Å². The second-order valence-corrected chi connectivity index (χ2v) is 7.18. The van der Waals surface area contributed by atoms with Crippen LogP contribution in [0.5, 0.6) is 11.5 Å². The van der Waals surface area contributed by atoms with Crippen LogP contribution in [-0.4, -0.2) is 32.1 Å². The summed E-state index contributed by atoms with van der Waals surface area (Å²) in [6.45, 7) is 0.736. The second kappa shape index (κ2) is 10.5. The van der Waals surface area contributed by atoms with Crippen molar-refractivity contribution in [3.8, 4) is 11.5 Å². The number of benzene rings is 2. The van der Waals surface area contributed by atoms with Crippen molar-refractivity contribution in [2.75, 3.05) is 25.6 Å². The van der Waals surface area contributed by atoms with Crippen molar-refractivity contribution in [1.82, 2.24) is 5.32 Å². The van der Waals surface area contributed by atoms with Crippen LogP contribution < -0.4 is 20.1 Å². The number of amides is 2. The Labute approximate surface area is 171 Å². The van der Waals surface area contributed by atoms with Gasteiger partial charge in [0, 0.05) is 17.2 Å². The molecule has 2 aromatic rings. The number of ether oxygens (including phenoxy) is 2. The number of methoxy groups -OCH3 is 1. The first-order valence-corrected chi connectivity index (χ1v) is 10.1. The van der Waals surface area contributed by atoms with Gasteiger partial charge >= 0.3 is 0 Å². The summed E-state index contributed by atoms with van der Waals surface area (Å²) >= 11 is 0. The van der Waals surface area contributed by atoms with Crippen LogP contribution in [0, 0.1) is 5.92 Å². The maximum absolute atomic E-state index is 12.4. The molecule has 0 heterocycles. The summed E-state index contributed by atoms with van der Waals surface area (Å²) < 4.78 is 10.7. The predicted molar refractivity (Wildman–Crippen MR) is 112 cm³/mol. The minimum Gasteiger partial charge on any atom is -0.497 e. The van der Waals surface area contributed by atoms with Crippen LogP contribution in [0.1, 0.15) is 42.5 Å². The summed E-state index contributed by atoms with van der Waals surface area (Å²) in [6.07, 6.45) is 5.32. The van der Waals surface area contributed by atoms with E-state index in [2.05, 4.69) is 10.6 Å². The van der Waals surface area contributed by atoms with Crippen LogP contribution in [0.15, 0.2) is 48.5 Å². The lowest BCUT2D eigenvalue weighted by molar-refractivity contribution is -0.120. The number of hydrogen-bond acceptors (Lipinski definition) is 4. The van der Waals surface area contributed by atoms with Crippen molar-refractivity contribution in [2.24, 2.45) is 5.92 Å². The molecule has 0 saturated heterocycles. The summed E-state index contributed by atoms with van der Waals surface area (Å²) in [4.78, 5) is 24.8. The third kappa shape index (κ3) is 6.24. The Hall–Kier alpha value is -3.02. The molecule has 0 bridgehead atoms. The quantitative estimate of drug-likeness (QED) is 0.661. The van der Waals surface area contributed by atoms with E-state index >= 15 is 0 Å². The monoisotopic (exact) mass is 396 g/mol. The molecule has 1 saturated carbocycles. The Balaban J connectivity index is 1.45. The van der Waals surface area contributed by atoms with Gasteiger partial charge in [0.15, 0.2) is 0 Å². The number of nitrogens with one attached hydrogen (secondary N) is 2. The van der Waals surface area contributed by atoms with Crippen LogP contribution in [0.4, 0.5) is 5.69 Å². The zero-order valence-electron chi connectivity index (χ0n) is 16.8. The smallest absolute Gasteiger partial charge is 0.251 e. The van der Waals surface area contributed by atoms with Crippen molar-refractivity contribution in [1.29, 1.82) is 0 Å². The fourth-order valence-electron chi connectivity index (χ4n) is 3.45. The highest BCUT2D eigenvalue weighted by Crippen LogP contribution is 2.25.